The van der Waals surface area contributed by atoms with Crippen molar-refractivity contribution in [3.63, 3.8) is 0 Å². The van der Waals surface area contributed by atoms with Gasteiger partial charge in [0.15, 0.2) is 0 Å². The van der Waals surface area contributed by atoms with E-state index in [4.69, 9.17) is 4.74 Å². The maximum atomic E-state index is 12.6. The van der Waals surface area contributed by atoms with Crippen LogP contribution in [0.1, 0.15) is 53.9 Å². The fourth-order valence-corrected chi connectivity index (χ4v) is 2.81. The first-order valence-electron chi connectivity index (χ1n) is 7.66. The molecule has 0 aromatic rings. The van der Waals surface area contributed by atoms with E-state index >= 15 is 0 Å². The third-order valence-corrected chi connectivity index (χ3v) is 4.15. The Morgan fingerprint density at radius 2 is 1.85 bits per heavy atom. The van der Waals surface area contributed by atoms with Gasteiger partial charge in [-0.2, -0.15) is 0 Å². The fraction of sp³-hybridized carbons (Fsp3) is 0.867. The van der Waals surface area contributed by atoms with Crippen LogP contribution in [0.25, 0.3) is 0 Å². The van der Waals surface area contributed by atoms with Gasteiger partial charge in [0.25, 0.3) is 0 Å². The molecule has 1 saturated heterocycles. The summed E-state index contributed by atoms with van der Waals surface area (Å²) in [5.74, 6) is -0.0124. The predicted molar refractivity (Wildman–Crippen MR) is 78.3 cm³/mol. The van der Waals surface area contributed by atoms with E-state index in [0.717, 1.165) is 0 Å². The van der Waals surface area contributed by atoms with Crippen LogP contribution < -0.4 is 5.32 Å². The Morgan fingerprint density at radius 1 is 1.25 bits per heavy atom. The number of ether oxygens (including phenoxy) is 1. The lowest BCUT2D eigenvalue weighted by atomic mass is 9.85. The van der Waals surface area contributed by atoms with Crippen molar-refractivity contribution in [2.75, 3.05) is 13.2 Å². The van der Waals surface area contributed by atoms with E-state index in [1.165, 1.54) is 0 Å². The quantitative estimate of drug-likeness (QED) is 0.774. The summed E-state index contributed by atoms with van der Waals surface area (Å²) in [6.07, 6.45) is 2.00. The van der Waals surface area contributed by atoms with Gasteiger partial charge in [0.05, 0.1) is 12.7 Å². The third-order valence-electron chi connectivity index (χ3n) is 4.15. The lowest BCUT2D eigenvalue weighted by Gasteiger charge is -2.47. The van der Waals surface area contributed by atoms with Gasteiger partial charge in [0, 0.05) is 6.54 Å². The molecule has 1 heterocycles. The summed E-state index contributed by atoms with van der Waals surface area (Å²) in [6.45, 7) is 10.7. The van der Waals surface area contributed by atoms with E-state index in [-0.39, 0.29) is 17.9 Å². The third kappa shape index (κ3) is 3.14. The molecule has 1 N–H and O–H groups in total. The average Bonchev–Trinajstić information content (AvgIpc) is 2.42. The minimum Gasteiger partial charge on any atom is -0.377 e. The molecule has 0 saturated carbocycles. The van der Waals surface area contributed by atoms with Crippen molar-refractivity contribution in [1.82, 2.24) is 10.2 Å². The Morgan fingerprint density at radius 3 is 2.30 bits per heavy atom. The molecule has 1 atom stereocenters. The number of piperazine rings is 1. The smallest absolute Gasteiger partial charge is 0.246 e. The van der Waals surface area contributed by atoms with Crippen molar-refractivity contribution in [3.05, 3.63) is 0 Å². The largest absolute Gasteiger partial charge is 0.377 e. The molecule has 20 heavy (non-hydrogen) atoms. The minimum absolute atomic E-state index is 0.0168. The normalized spacial score (nSPS) is 22.3. The second-order valence-corrected chi connectivity index (χ2v) is 5.58. The van der Waals surface area contributed by atoms with Crippen molar-refractivity contribution >= 4 is 11.8 Å². The van der Waals surface area contributed by atoms with Crippen LogP contribution >= 0.6 is 0 Å². The molecule has 1 fully saturated rings. The molecule has 1 aliphatic heterocycles. The van der Waals surface area contributed by atoms with Gasteiger partial charge >= 0.3 is 0 Å². The summed E-state index contributed by atoms with van der Waals surface area (Å²) in [5.41, 5.74) is -0.719. The molecule has 1 unspecified atom stereocenters. The average molecular weight is 284 g/mol. The first-order valence-corrected chi connectivity index (χ1v) is 7.66. The maximum absolute atomic E-state index is 12.6. The van der Waals surface area contributed by atoms with Gasteiger partial charge in [-0.15, -0.1) is 0 Å². The van der Waals surface area contributed by atoms with Crippen molar-refractivity contribution < 1.29 is 14.3 Å². The predicted octanol–water partition coefficient (Wildman–Crippen LogP) is 1.71. The lowest BCUT2D eigenvalue weighted by Crippen LogP contribution is -2.70. The van der Waals surface area contributed by atoms with Crippen molar-refractivity contribution in [2.24, 2.45) is 0 Å². The summed E-state index contributed by atoms with van der Waals surface area (Å²) in [4.78, 5) is 26.8. The molecule has 1 rings (SSSR count). The Bertz CT molecular complexity index is 351. The first kappa shape index (κ1) is 17.0. The summed E-state index contributed by atoms with van der Waals surface area (Å²) in [6, 6.07) is -0.396. The van der Waals surface area contributed by atoms with Crippen LogP contribution in [-0.2, 0) is 14.3 Å². The Kier molecular flexibility index (Phi) is 5.99. The van der Waals surface area contributed by atoms with Gasteiger partial charge < -0.3 is 15.0 Å². The fourth-order valence-electron chi connectivity index (χ4n) is 2.81. The highest BCUT2D eigenvalue weighted by atomic mass is 16.5. The van der Waals surface area contributed by atoms with E-state index in [1.54, 1.807) is 4.90 Å². The zero-order chi connectivity index (χ0) is 15.3. The molecule has 5 nitrogen and oxygen atoms in total. The van der Waals surface area contributed by atoms with Gasteiger partial charge in [-0.1, -0.05) is 20.8 Å². The van der Waals surface area contributed by atoms with Gasteiger partial charge in [0.1, 0.15) is 11.6 Å². The number of carbonyl (C=O) groups is 2. The Labute approximate surface area is 122 Å². The van der Waals surface area contributed by atoms with Crippen LogP contribution in [-0.4, -0.2) is 47.6 Å². The number of rotatable bonds is 7. The summed E-state index contributed by atoms with van der Waals surface area (Å²) >= 11 is 0. The minimum atomic E-state index is -0.719. The summed E-state index contributed by atoms with van der Waals surface area (Å²) < 4.78 is 5.55. The molecular weight excluding hydrogens is 256 g/mol. The van der Waals surface area contributed by atoms with Gasteiger partial charge in [-0.05, 0) is 33.1 Å². The molecular formula is C15H28N2O3. The first-order chi connectivity index (χ1) is 9.42. The van der Waals surface area contributed by atoms with Crippen molar-refractivity contribution in [2.45, 2.75) is 71.6 Å². The van der Waals surface area contributed by atoms with Crippen LogP contribution in [0.4, 0.5) is 0 Å². The second-order valence-electron chi connectivity index (χ2n) is 5.58. The molecule has 2 amide bonds. The topological polar surface area (TPSA) is 58.6 Å². The molecule has 0 spiro atoms. The van der Waals surface area contributed by atoms with E-state index in [9.17, 15) is 9.59 Å². The monoisotopic (exact) mass is 284 g/mol. The maximum Gasteiger partial charge on any atom is 0.246 e. The number of hydrogen-bond acceptors (Lipinski definition) is 3. The molecule has 1 aliphatic rings. The number of carbonyl (C=O) groups excluding carboxylic acids is 2. The SMILES string of the molecule is CCC1NC(=O)C(CC)(CC)N(CCOC(C)C)C1=O. The highest BCUT2D eigenvalue weighted by Crippen LogP contribution is 2.29. The molecule has 0 aromatic carbocycles. The molecule has 0 aromatic heterocycles. The number of nitrogens with one attached hydrogen (secondary N) is 1. The van der Waals surface area contributed by atoms with E-state index in [1.807, 2.05) is 34.6 Å². The highest BCUT2D eigenvalue weighted by molar-refractivity contribution is 5.99. The molecule has 0 aliphatic carbocycles. The Hall–Kier alpha value is -1.10. The van der Waals surface area contributed by atoms with E-state index in [0.29, 0.717) is 32.4 Å². The van der Waals surface area contributed by atoms with Crippen LogP contribution in [0.3, 0.4) is 0 Å². The lowest BCUT2D eigenvalue weighted by molar-refractivity contribution is -0.159. The van der Waals surface area contributed by atoms with Crippen molar-refractivity contribution in [3.8, 4) is 0 Å². The Balaban J connectivity index is 2.94. The number of amides is 2. The molecule has 5 heteroatoms. The van der Waals surface area contributed by atoms with E-state index in [2.05, 4.69) is 5.32 Å². The molecule has 116 valence electrons. The van der Waals surface area contributed by atoms with Gasteiger partial charge in [-0.3, -0.25) is 9.59 Å². The highest BCUT2D eigenvalue weighted by Gasteiger charge is 2.49. The second kappa shape index (κ2) is 7.07. The van der Waals surface area contributed by atoms with Crippen molar-refractivity contribution in [1.29, 1.82) is 0 Å². The zero-order valence-electron chi connectivity index (χ0n) is 13.4. The zero-order valence-corrected chi connectivity index (χ0v) is 13.4. The number of nitrogens with zero attached hydrogens (tertiary/aromatic N) is 1. The van der Waals surface area contributed by atoms with Gasteiger partial charge in [0.2, 0.25) is 11.8 Å². The van der Waals surface area contributed by atoms with E-state index < -0.39 is 11.6 Å². The van der Waals surface area contributed by atoms with Crippen LogP contribution in [0, 0.1) is 0 Å². The summed E-state index contributed by atoms with van der Waals surface area (Å²) in [7, 11) is 0. The van der Waals surface area contributed by atoms with Crippen LogP contribution in [0.15, 0.2) is 0 Å². The van der Waals surface area contributed by atoms with Gasteiger partial charge in [-0.25, -0.2) is 0 Å². The standard InChI is InChI=1S/C15H28N2O3/c1-6-12-13(18)17(9-10-20-11(4)5)15(7-2,8-3)14(19)16-12/h11-12H,6-10H2,1-5H3,(H,16,19). The molecule has 0 radical (unpaired) electrons. The number of hydrogen-bond donors (Lipinski definition) is 1. The molecule has 0 bridgehead atoms. The summed E-state index contributed by atoms with van der Waals surface area (Å²) in [5, 5.41) is 2.87. The van der Waals surface area contributed by atoms with Crippen LogP contribution in [0.5, 0.6) is 0 Å². The van der Waals surface area contributed by atoms with Crippen LogP contribution in [0.2, 0.25) is 0 Å².